The Hall–Kier alpha value is -1.51. The van der Waals surface area contributed by atoms with Gasteiger partial charge in [0.25, 0.3) is 0 Å². The first-order valence-electron chi connectivity index (χ1n) is 8.94. The van der Waals surface area contributed by atoms with E-state index >= 15 is 0 Å². The molecule has 3 heteroatoms. The minimum atomic E-state index is -0.736. The Morgan fingerprint density at radius 1 is 1.39 bits per heavy atom. The number of carbonyl (C=O) groups excluding carboxylic acids is 1. The van der Waals surface area contributed by atoms with Crippen molar-refractivity contribution in [1.82, 2.24) is 0 Å². The van der Waals surface area contributed by atoms with Crippen molar-refractivity contribution in [3.8, 4) is 0 Å². The number of carbonyl (C=O) groups is 1. The molecule has 0 saturated heterocycles. The molecule has 2 rings (SSSR count). The van der Waals surface area contributed by atoms with Gasteiger partial charge in [-0.25, -0.2) is 4.79 Å². The largest absolute Gasteiger partial charge is 0.466 e. The minimum Gasteiger partial charge on any atom is -0.466 e. The van der Waals surface area contributed by atoms with Crippen LogP contribution in [0.3, 0.4) is 0 Å². The average Bonchev–Trinajstić information content (AvgIpc) is 2.56. The summed E-state index contributed by atoms with van der Waals surface area (Å²) in [7, 11) is 0. The first-order chi connectivity index (χ1) is 11.0. The summed E-state index contributed by atoms with van der Waals surface area (Å²) >= 11 is 0. The minimum absolute atomic E-state index is 0.134. The van der Waals surface area contributed by atoms with Gasteiger partial charge in [-0.1, -0.05) is 52.2 Å². The summed E-state index contributed by atoms with van der Waals surface area (Å²) in [4.78, 5) is 12.4. The smallest absolute Gasteiger partial charge is 0.334 e. The molecule has 2 unspecified atom stereocenters. The van der Waals surface area contributed by atoms with Gasteiger partial charge in [0.1, 0.15) is 5.76 Å². The summed E-state index contributed by atoms with van der Waals surface area (Å²) in [5.41, 5.74) is -0.308. The van der Waals surface area contributed by atoms with Gasteiger partial charge in [-0.05, 0) is 32.3 Å². The summed E-state index contributed by atoms with van der Waals surface area (Å²) in [6.07, 6.45) is 12.7. The molecule has 0 radical (unpaired) electrons. The van der Waals surface area contributed by atoms with E-state index in [1.54, 1.807) is 13.2 Å². The van der Waals surface area contributed by atoms with Gasteiger partial charge in [-0.3, -0.25) is 0 Å². The molecule has 0 aromatic heterocycles. The molecule has 0 aromatic carbocycles. The fourth-order valence-corrected chi connectivity index (χ4v) is 3.91. The van der Waals surface area contributed by atoms with Crippen molar-refractivity contribution < 1.29 is 14.3 Å². The third-order valence-corrected chi connectivity index (χ3v) is 5.20. The lowest BCUT2D eigenvalue weighted by atomic mass is 9.67. The van der Waals surface area contributed by atoms with Crippen LogP contribution in [0.5, 0.6) is 0 Å². The van der Waals surface area contributed by atoms with Crippen LogP contribution in [0.1, 0.15) is 65.2 Å². The lowest BCUT2D eigenvalue weighted by molar-refractivity contribution is -0.170. The van der Waals surface area contributed by atoms with Gasteiger partial charge in [0, 0.05) is 17.4 Å². The molecule has 128 valence electrons. The Balaban J connectivity index is 2.38. The normalized spacial score (nSPS) is 28.3. The second kappa shape index (κ2) is 7.85. The number of hydrogen-bond acceptors (Lipinski definition) is 3. The molecule has 0 aromatic rings. The molecule has 0 amide bonds. The van der Waals surface area contributed by atoms with E-state index in [1.165, 1.54) is 19.3 Å². The summed E-state index contributed by atoms with van der Waals surface area (Å²) in [6.45, 7) is 11.8. The highest BCUT2D eigenvalue weighted by molar-refractivity contribution is 5.87. The highest BCUT2D eigenvalue weighted by atomic mass is 16.6. The van der Waals surface area contributed by atoms with Gasteiger partial charge in [0.2, 0.25) is 0 Å². The van der Waals surface area contributed by atoms with Crippen molar-refractivity contribution >= 4 is 5.97 Å². The molecule has 3 nitrogen and oxygen atoms in total. The molecule has 0 spiro atoms. The highest BCUT2D eigenvalue weighted by Crippen LogP contribution is 2.48. The van der Waals surface area contributed by atoms with Crippen LogP contribution >= 0.6 is 0 Å². The van der Waals surface area contributed by atoms with E-state index in [-0.39, 0.29) is 17.8 Å². The standard InChI is InChI=1S/C20H30O3/c1-5-6-10-18-13-14-22-16(4)20(18,23-19(21)15(2)3)17-11-8-7-9-12-17/h13-14,17-18H,2,4-12H2,1,3H3. The van der Waals surface area contributed by atoms with Gasteiger partial charge < -0.3 is 9.47 Å². The van der Waals surface area contributed by atoms with Crippen LogP contribution in [-0.2, 0) is 14.3 Å². The number of rotatable bonds is 6. The van der Waals surface area contributed by atoms with Gasteiger partial charge >= 0.3 is 5.97 Å². The van der Waals surface area contributed by atoms with Gasteiger partial charge in [0.05, 0.1) is 6.26 Å². The summed E-state index contributed by atoms with van der Waals surface area (Å²) in [6, 6.07) is 0. The molecule has 2 atom stereocenters. The third kappa shape index (κ3) is 3.70. The quantitative estimate of drug-likeness (QED) is 0.493. The maximum atomic E-state index is 12.4. The molecule has 23 heavy (non-hydrogen) atoms. The van der Waals surface area contributed by atoms with E-state index in [1.807, 2.05) is 0 Å². The van der Waals surface area contributed by atoms with E-state index in [0.29, 0.717) is 11.3 Å². The van der Waals surface area contributed by atoms with Crippen LogP contribution in [0.4, 0.5) is 0 Å². The first-order valence-corrected chi connectivity index (χ1v) is 8.94. The molecule has 1 fully saturated rings. The Morgan fingerprint density at radius 3 is 2.70 bits per heavy atom. The zero-order valence-electron chi connectivity index (χ0n) is 14.6. The summed E-state index contributed by atoms with van der Waals surface area (Å²) in [5.74, 6) is 0.661. The Kier molecular flexibility index (Phi) is 6.09. The lowest BCUT2D eigenvalue weighted by Crippen LogP contribution is -2.52. The Morgan fingerprint density at radius 2 is 2.09 bits per heavy atom. The van der Waals surface area contributed by atoms with E-state index in [2.05, 4.69) is 26.2 Å². The van der Waals surface area contributed by atoms with Crippen molar-refractivity contribution in [3.63, 3.8) is 0 Å². The molecule has 1 aliphatic carbocycles. The second-order valence-electron chi connectivity index (χ2n) is 6.92. The predicted molar refractivity (Wildman–Crippen MR) is 92.6 cm³/mol. The zero-order chi connectivity index (χ0) is 16.9. The molecule has 0 N–H and O–H groups in total. The van der Waals surface area contributed by atoms with Crippen LogP contribution in [0.15, 0.2) is 36.8 Å². The summed E-state index contributed by atoms with van der Waals surface area (Å²) in [5, 5.41) is 0. The fourth-order valence-electron chi connectivity index (χ4n) is 3.91. The first kappa shape index (κ1) is 17.8. The number of hydrogen-bond donors (Lipinski definition) is 0. The van der Waals surface area contributed by atoms with Crippen molar-refractivity contribution in [1.29, 1.82) is 0 Å². The van der Waals surface area contributed by atoms with Crippen LogP contribution in [0, 0.1) is 11.8 Å². The van der Waals surface area contributed by atoms with Crippen LogP contribution in [0.25, 0.3) is 0 Å². The highest BCUT2D eigenvalue weighted by Gasteiger charge is 2.52. The SMILES string of the molecule is C=C(C)C(=O)OC1(C2CCCCC2)C(=C)OC=CC1CCCC. The average molecular weight is 318 g/mol. The molecule has 1 heterocycles. The Labute approximate surface area is 140 Å². The Bertz CT molecular complexity index is 485. The molecule has 2 aliphatic rings. The molecule has 1 aliphatic heterocycles. The van der Waals surface area contributed by atoms with Crippen LogP contribution < -0.4 is 0 Å². The van der Waals surface area contributed by atoms with Gasteiger partial charge in [-0.15, -0.1) is 0 Å². The van der Waals surface area contributed by atoms with Gasteiger partial charge in [-0.2, -0.15) is 0 Å². The molecular formula is C20H30O3. The predicted octanol–water partition coefficient (Wildman–Crippen LogP) is 5.29. The van der Waals surface area contributed by atoms with Crippen LogP contribution in [-0.4, -0.2) is 11.6 Å². The monoisotopic (exact) mass is 318 g/mol. The van der Waals surface area contributed by atoms with Crippen molar-refractivity contribution in [2.75, 3.05) is 0 Å². The van der Waals surface area contributed by atoms with Crippen molar-refractivity contribution in [3.05, 3.63) is 36.8 Å². The van der Waals surface area contributed by atoms with Crippen molar-refractivity contribution in [2.24, 2.45) is 11.8 Å². The van der Waals surface area contributed by atoms with E-state index < -0.39 is 5.60 Å². The van der Waals surface area contributed by atoms with Crippen molar-refractivity contribution in [2.45, 2.75) is 70.8 Å². The molecule has 0 bridgehead atoms. The lowest BCUT2D eigenvalue weighted by Gasteiger charge is -2.47. The maximum Gasteiger partial charge on any atom is 0.334 e. The number of ether oxygens (including phenoxy) is 2. The van der Waals surface area contributed by atoms with Crippen LogP contribution in [0.2, 0.25) is 0 Å². The maximum absolute atomic E-state index is 12.4. The van der Waals surface area contributed by atoms with E-state index in [0.717, 1.165) is 32.1 Å². The second-order valence-corrected chi connectivity index (χ2v) is 6.92. The third-order valence-electron chi connectivity index (χ3n) is 5.20. The molecule has 1 saturated carbocycles. The topological polar surface area (TPSA) is 35.5 Å². The van der Waals surface area contributed by atoms with E-state index in [4.69, 9.17) is 9.47 Å². The number of unbranched alkanes of at least 4 members (excludes halogenated alkanes) is 1. The van der Waals surface area contributed by atoms with Gasteiger partial charge in [0.15, 0.2) is 5.60 Å². The summed E-state index contributed by atoms with van der Waals surface area (Å²) < 4.78 is 11.7. The van der Waals surface area contributed by atoms with E-state index in [9.17, 15) is 4.79 Å². The number of esters is 1. The zero-order valence-corrected chi connectivity index (χ0v) is 14.6. The molecular weight excluding hydrogens is 288 g/mol. The fraction of sp³-hybridized carbons (Fsp3) is 0.650.